The van der Waals surface area contributed by atoms with E-state index < -0.39 is 0 Å². The van der Waals surface area contributed by atoms with Gasteiger partial charge in [-0.1, -0.05) is 6.92 Å². The number of hydrogen-bond donors (Lipinski definition) is 1. The van der Waals surface area contributed by atoms with Gasteiger partial charge in [0.2, 0.25) is 5.91 Å². The van der Waals surface area contributed by atoms with Crippen LogP contribution in [0.25, 0.3) is 0 Å². The summed E-state index contributed by atoms with van der Waals surface area (Å²) in [5, 5.41) is 3.10. The second kappa shape index (κ2) is 4.12. The normalized spacial score (nSPS) is 31.5. The maximum Gasteiger partial charge on any atom is 0.223 e. The lowest BCUT2D eigenvalue weighted by Gasteiger charge is -2.24. The number of nitrogens with one attached hydrogen (secondary N) is 1. The van der Waals surface area contributed by atoms with Crippen LogP contribution in [-0.4, -0.2) is 37.5 Å². The van der Waals surface area contributed by atoms with Gasteiger partial charge in [-0.2, -0.15) is 0 Å². The Labute approximate surface area is 92.2 Å². The van der Waals surface area contributed by atoms with E-state index in [4.69, 9.17) is 0 Å². The van der Waals surface area contributed by atoms with Crippen molar-refractivity contribution in [2.45, 2.75) is 32.2 Å². The fraction of sp³-hybridized carbons (Fsp3) is 0.917. The Morgan fingerprint density at radius 2 is 2.07 bits per heavy atom. The highest BCUT2D eigenvalue weighted by Gasteiger charge is 2.40. The third-order valence-electron chi connectivity index (χ3n) is 3.76. The Hall–Kier alpha value is -0.570. The second-order valence-electron chi connectivity index (χ2n) is 5.43. The minimum Gasteiger partial charge on any atom is -0.354 e. The Morgan fingerprint density at radius 1 is 1.47 bits per heavy atom. The molecule has 2 fully saturated rings. The van der Waals surface area contributed by atoms with Crippen LogP contribution in [0.1, 0.15) is 26.2 Å². The zero-order chi connectivity index (χ0) is 11.0. The fourth-order valence-electron chi connectivity index (χ4n) is 2.28. The molecule has 2 aliphatic rings. The number of likely N-dealkylation sites (N-methyl/N-ethyl adjacent to an activating group) is 1. The van der Waals surface area contributed by atoms with Gasteiger partial charge in [-0.15, -0.1) is 0 Å². The largest absolute Gasteiger partial charge is 0.354 e. The van der Waals surface area contributed by atoms with E-state index in [2.05, 4.69) is 31.2 Å². The van der Waals surface area contributed by atoms with Crippen LogP contribution in [0, 0.1) is 17.8 Å². The molecule has 2 aliphatic carbocycles. The van der Waals surface area contributed by atoms with Crippen LogP contribution in [0.4, 0.5) is 0 Å². The van der Waals surface area contributed by atoms with Gasteiger partial charge < -0.3 is 10.2 Å². The van der Waals surface area contributed by atoms with E-state index in [0.29, 0.717) is 17.9 Å². The number of hydrogen-bond acceptors (Lipinski definition) is 2. The predicted octanol–water partition coefficient (Wildman–Crippen LogP) is 1.10. The number of carbonyl (C=O) groups is 1. The van der Waals surface area contributed by atoms with Crippen molar-refractivity contribution < 1.29 is 4.79 Å². The lowest BCUT2D eigenvalue weighted by molar-refractivity contribution is -0.122. The quantitative estimate of drug-likeness (QED) is 0.737. The minimum absolute atomic E-state index is 0.273. The third kappa shape index (κ3) is 2.71. The maximum atomic E-state index is 11.7. The molecule has 0 aromatic carbocycles. The monoisotopic (exact) mass is 210 g/mol. The van der Waals surface area contributed by atoms with Crippen molar-refractivity contribution >= 4 is 5.91 Å². The number of carbonyl (C=O) groups excluding carboxylic acids is 1. The standard InChI is InChI=1S/C12H22N2O/c1-8-6-10(8)12(15)13-7-11(14(2)3)9-4-5-9/h8-11H,4-7H2,1-3H3,(H,13,15)/t8-,10+,11+/m1/s1. The molecule has 0 saturated heterocycles. The average molecular weight is 210 g/mol. The number of nitrogens with zero attached hydrogens (tertiary/aromatic N) is 1. The maximum absolute atomic E-state index is 11.7. The van der Waals surface area contributed by atoms with Gasteiger partial charge in [-0.25, -0.2) is 0 Å². The molecule has 86 valence electrons. The van der Waals surface area contributed by atoms with E-state index in [1.165, 1.54) is 12.8 Å². The molecule has 0 aromatic rings. The van der Waals surface area contributed by atoms with Crippen LogP contribution in [0.3, 0.4) is 0 Å². The molecule has 3 atom stereocenters. The van der Waals surface area contributed by atoms with Crippen LogP contribution in [0.5, 0.6) is 0 Å². The molecular weight excluding hydrogens is 188 g/mol. The van der Waals surface area contributed by atoms with Crippen LogP contribution < -0.4 is 5.32 Å². The number of amides is 1. The molecule has 0 aromatic heterocycles. The Bertz CT molecular complexity index is 246. The molecule has 0 aliphatic heterocycles. The van der Waals surface area contributed by atoms with Gasteiger partial charge in [0.1, 0.15) is 0 Å². The molecule has 2 saturated carbocycles. The van der Waals surface area contributed by atoms with Gasteiger partial charge >= 0.3 is 0 Å². The first kappa shape index (κ1) is 10.9. The first-order chi connectivity index (χ1) is 7.09. The molecule has 0 spiro atoms. The van der Waals surface area contributed by atoms with Gasteiger partial charge in [-0.3, -0.25) is 4.79 Å². The second-order valence-corrected chi connectivity index (χ2v) is 5.43. The average Bonchev–Trinajstić information content (AvgIpc) is 3.00. The zero-order valence-electron chi connectivity index (χ0n) is 9.99. The summed E-state index contributed by atoms with van der Waals surface area (Å²) >= 11 is 0. The van der Waals surface area contributed by atoms with Crippen LogP contribution in [0.15, 0.2) is 0 Å². The molecule has 0 heterocycles. The van der Waals surface area contributed by atoms with E-state index in [-0.39, 0.29) is 5.91 Å². The van der Waals surface area contributed by atoms with Crippen molar-refractivity contribution in [1.29, 1.82) is 0 Å². The summed E-state index contributed by atoms with van der Waals surface area (Å²) in [4.78, 5) is 13.9. The van der Waals surface area contributed by atoms with E-state index in [0.717, 1.165) is 18.9 Å². The molecule has 0 bridgehead atoms. The molecule has 0 radical (unpaired) electrons. The molecular formula is C12H22N2O. The van der Waals surface area contributed by atoms with E-state index in [9.17, 15) is 4.79 Å². The Morgan fingerprint density at radius 3 is 2.47 bits per heavy atom. The van der Waals surface area contributed by atoms with Crippen molar-refractivity contribution in [3.8, 4) is 0 Å². The van der Waals surface area contributed by atoms with Crippen LogP contribution in [0.2, 0.25) is 0 Å². The molecule has 3 nitrogen and oxygen atoms in total. The summed E-state index contributed by atoms with van der Waals surface area (Å²) in [7, 11) is 4.21. The fourth-order valence-corrected chi connectivity index (χ4v) is 2.28. The lowest BCUT2D eigenvalue weighted by atomic mass is 10.1. The van der Waals surface area contributed by atoms with Gasteiger partial charge in [0.05, 0.1) is 0 Å². The third-order valence-corrected chi connectivity index (χ3v) is 3.76. The molecule has 1 N–H and O–H groups in total. The highest BCUT2D eigenvalue weighted by molar-refractivity contribution is 5.81. The summed E-state index contributed by atoms with van der Waals surface area (Å²) < 4.78 is 0. The highest BCUT2D eigenvalue weighted by Crippen LogP contribution is 2.38. The number of rotatable bonds is 5. The molecule has 15 heavy (non-hydrogen) atoms. The van der Waals surface area contributed by atoms with Crippen molar-refractivity contribution in [2.75, 3.05) is 20.6 Å². The summed E-state index contributed by atoms with van der Waals surface area (Å²) in [6.07, 6.45) is 3.75. The highest BCUT2D eigenvalue weighted by atomic mass is 16.2. The summed E-state index contributed by atoms with van der Waals surface area (Å²) in [5.41, 5.74) is 0. The lowest BCUT2D eigenvalue weighted by Crippen LogP contribution is -2.42. The van der Waals surface area contributed by atoms with E-state index in [1.54, 1.807) is 0 Å². The van der Waals surface area contributed by atoms with Gasteiger partial charge in [0, 0.05) is 18.5 Å². The zero-order valence-corrected chi connectivity index (χ0v) is 9.99. The van der Waals surface area contributed by atoms with Gasteiger partial charge in [-0.05, 0) is 45.2 Å². The summed E-state index contributed by atoms with van der Waals surface area (Å²) in [6.45, 7) is 2.98. The molecule has 3 heteroatoms. The van der Waals surface area contributed by atoms with Gasteiger partial charge in [0.25, 0.3) is 0 Å². The Kier molecular flexibility index (Phi) is 3.01. The molecule has 0 unspecified atom stereocenters. The van der Waals surface area contributed by atoms with Crippen LogP contribution >= 0.6 is 0 Å². The van der Waals surface area contributed by atoms with Crippen molar-refractivity contribution in [3.63, 3.8) is 0 Å². The van der Waals surface area contributed by atoms with Crippen molar-refractivity contribution in [1.82, 2.24) is 10.2 Å². The molecule has 1 amide bonds. The van der Waals surface area contributed by atoms with E-state index >= 15 is 0 Å². The van der Waals surface area contributed by atoms with Crippen LogP contribution in [-0.2, 0) is 4.79 Å². The smallest absolute Gasteiger partial charge is 0.223 e. The predicted molar refractivity (Wildman–Crippen MR) is 60.5 cm³/mol. The SMILES string of the molecule is C[C@@H]1C[C@@H]1C(=O)NC[C@@H](C1CC1)N(C)C. The first-order valence-electron chi connectivity index (χ1n) is 6.03. The van der Waals surface area contributed by atoms with Gasteiger partial charge in [0.15, 0.2) is 0 Å². The summed E-state index contributed by atoms with van der Waals surface area (Å²) in [5.74, 6) is 2.02. The van der Waals surface area contributed by atoms with E-state index in [1.807, 2.05) is 0 Å². The van der Waals surface area contributed by atoms with Crippen molar-refractivity contribution in [2.24, 2.45) is 17.8 Å². The Balaban J connectivity index is 1.73. The van der Waals surface area contributed by atoms with Crippen molar-refractivity contribution in [3.05, 3.63) is 0 Å². The topological polar surface area (TPSA) is 32.3 Å². The summed E-state index contributed by atoms with van der Waals surface area (Å²) in [6, 6.07) is 0.544. The minimum atomic E-state index is 0.273. The first-order valence-corrected chi connectivity index (χ1v) is 6.03. The molecule has 2 rings (SSSR count).